The number of rotatable bonds is 3. The van der Waals surface area contributed by atoms with E-state index in [1.54, 1.807) is 15.5 Å². The molecule has 0 saturated carbocycles. The summed E-state index contributed by atoms with van der Waals surface area (Å²) in [4.78, 5) is 49.9. The third-order valence-electron chi connectivity index (χ3n) is 4.44. The molecule has 4 heterocycles. The Morgan fingerprint density at radius 1 is 0.968 bits per heavy atom. The van der Waals surface area contributed by atoms with Crippen molar-refractivity contribution in [3.63, 3.8) is 0 Å². The molecule has 0 unspecified atom stereocenters. The van der Waals surface area contributed by atoms with E-state index >= 15 is 0 Å². The molecule has 164 valence electrons. The van der Waals surface area contributed by atoms with Gasteiger partial charge >= 0.3 is 5.69 Å². The number of hydrogen-bond donors (Lipinski definition) is 4. The maximum atomic E-state index is 11.7. The SMILES string of the molecule is CC(C)n1cc([N+](=O)[O-])c2c(=O)[nH]c(N)nc21.CC(C)n1cnc2c(=O)[nH]c(N)nc21. The number of imidazole rings is 1. The first-order valence-electron chi connectivity index (χ1n) is 9.28. The largest absolute Gasteiger partial charge is 0.369 e. The van der Waals surface area contributed by atoms with Crippen molar-refractivity contribution in [1.29, 1.82) is 0 Å². The van der Waals surface area contributed by atoms with Crippen molar-refractivity contribution in [2.45, 2.75) is 39.8 Å². The van der Waals surface area contributed by atoms with E-state index < -0.39 is 10.5 Å². The molecule has 6 N–H and O–H groups in total. The normalized spacial score (nSPS) is 11.3. The molecule has 14 heteroatoms. The number of nitro groups is 1. The highest BCUT2D eigenvalue weighted by atomic mass is 16.6. The Labute approximate surface area is 174 Å². The molecule has 0 aromatic carbocycles. The van der Waals surface area contributed by atoms with E-state index in [1.165, 1.54) is 6.20 Å². The van der Waals surface area contributed by atoms with Gasteiger partial charge in [-0.1, -0.05) is 0 Å². The van der Waals surface area contributed by atoms with Crippen LogP contribution >= 0.6 is 0 Å². The highest BCUT2D eigenvalue weighted by Crippen LogP contribution is 2.26. The molecule has 0 bridgehead atoms. The summed E-state index contributed by atoms with van der Waals surface area (Å²) in [6.07, 6.45) is 2.90. The van der Waals surface area contributed by atoms with Gasteiger partial charge in [-0.3, -0.25) is 29.7 Å². The van der Waals surface area contributed by atoms with Crippen LogP contribution in [0.1, 0.15) is 39.8 Å². The molecule has 0 radical (unpaired) electrons. The second kappa shape index (κ2) is 7.89. The molecule has 4 rings (SSSR count). The molecule has 0 aliphatic carbocycles. The summed E-state index contributed by atoms with van der Waals surface area (Å²) >= 11 is 0. The van der Waals surface area contributed by atoms with Crippen LogP contribution in [0.3, 0.4) is 0 Å². The first-order valence-corrected chi connectivity index (χ1v) is 9.28. The van der Waals surface area contributed by atoms with Crippen LogP contribution in [0.5, 0.6) is 0 Å². The Morgan fingerprint density at radius 2 is 1.52 bits per heavy atom. The van der Waals surface area contributed by atoms with Crippen molar-refractivity contribution in [2.75, 3.05) is 11.5 Å². The van der Waals surface area contributed by atoms with Crippen molar-refractivity contribution in [1.82, 2.24) is 34.1 Å². The maximum Gasteiger partial charge on any atom is 0.302 e. The van der Waals surface area contributed by atoms with Crippen LogP contribution in [0, 0.1) is 10.1 Å². The summed E-state index contributed by atoms with van der Waals surface area (Å²) in [7, 11) is 0. The molecule has 31 heavy (non-hydrogen) atoms. The highest BCUT2D eigenvalue weighted by molar-refractivity contribution is 5.86. The Kier molecular flexibility index (Phi) is 5.47. The second-order valence-electron chi connectivity index (χ2n) is 7.29. The van der Waals surface area contributed by atoms with Crippen LogP contribution < -0.4 is 22.6 Å². The van der Waals surface area contributed by atoms with Gasteiger partial charge in [-0.15, -0.1) is 0 Å². The van der Waals surface area contributed by atoms with Crippen LogP contribution in [0.4, 0.5) is 17.6 Å². The van der Waals surface area contributed by atoms with E-state index in [-0.39, 0.29) is 46.3 Å². The van der Waals surface area contributed by atoms with E-state index in [0.29, 0.717) is 11.2 Å². The van der Waals surface area contributed by atoms with E-state index in [4.69, 9.17) is 11.5 Å². The third kappa shape index (κ3) is 3.94. The number of nitrogen functional groups attached to an aromatic ring is 2. The topological polar surface area (TPSA) is 209 Å². The highest BCUT2D eigenvalue weighted by Gasteiger charge is 2.23. The smallest absolute Gasteiger partial charge is 0.302 e. The first-order chi connectivity index (χ1) is 14.5. The Balaban J connectivity index is 0.000000179. The third-order valence-corrected chi connectivity index (χ3v) is 4.44. The van der Waals surface area contributed by atoms with Gasteiger partial charge in [-0.2, -0.15) is 9.97 Å². The summed E-state index contributed by atoms with van der Waals surface area (Å²) in [5.41, 5.74) is 10.8. The lowest BCUT2D eigenvalue weighted by atomic mass is 10.3. The number of anilines is 2. The number of aromatic amines is 2. The lowest BCUT2D eigenvalue weighted by Gasteiger charge is -2.06. The number of nitrogens with one attached hydrogen (secondary N) is 2. The molecule has 4 aromatic heterocycles. The number of hydrogen-bond acceptors (Lipinski definition) is 9. The zero-order valence-corrected chi connectivity index (χ0v) is 17.3. The molecule has 0 atom stereocenters. The lowest BCUT2D eigenvalue weighted by molar-refractivity contribution is -0.383. The predicted molar refractivity (Wildman–Crippen MR) is 115 cm³/mol. The molecule has 0 amide bonds. The van der Waals surface area contributed by atoms with Gasteiger partial charge < -0.3 is 20.6 Å². The summed E-state index contributed by atoms with van der Waals surface area (Å²) in [5.74, 6) is 0.0577. The monoisotopic (exact) mass is 430 g/mol. The number of nitrogens with zero attached hydrogens (tertiary/aromatic N) is 6. The molecular formula is C17H22N10O4. The van der Waals surface area contributed by atoms with Gasteiger partial charge in [-0.05, 0) is 27.7 Å². The van der Waals surface area contributed by atoms with Crippen molar-refractivity contribution in [3.8, 4) is 0 Å². The van der Waals surface area contributed by atoms with E-state index in [2.05, 4.69) is 24.9 Å². The fourth-order valence-corrected chi connectivity index (χ4v) is 3.01. The van der Waals surface area contributed by atoms with Gasteiger partial charge in [0.2, 0.25) is 11.9 Å². The molecule has 4 aromatic rings. The van der Waals surface area contributed by atoms with Crippen molar-refractivity contribution < 1.29 is 4.92 Å². The van der Waals surface area contributed by atoms with Crippen molar-refractivity contribution in [2.24, 2.45) is 0 Å². The van der Waals surface area contributed by atoms with Gasteiger partial charge in [0.15, 0.2) is 22.2 Å². The minimum atomic E-state index is -0.603. The van der Waals surface area contributed by atoms with Crippen LogP contribution in [0.25, 0.3) is 22.2 Å². The quantitative estimate of drug-likeness (QED) is 0.270. The van der Waals surface area contributed by atoms with Gasteiger partial charge in [0, 0.05) is 12.1 Å². The number of nitrogens with two attached hydrogens (primary N) is 2. The fraction of sp³-hybridized carbons (Fsp3) is 0.353. The zero-order chi connectivity index (χ0) is 23.0. The van der Waals surface area contributed by atoms with Crippen LogP contribution in [-0.4, -0.2) is 39.0 Å². The Bertz CT molecular complexity index is 1390. The zero-order valence-electron chi connectivity index (χ0n) is 17.3. The molecule has 0 aliphatic heterocycles. The predicted octanol–water partition coefficient (Wildman–Crippen LogP) is 1.08. The minimum absolute atomic E-state index is 0.0436. The molecule has 0 spiro atoms. The molecule has 0 aliphatic rings. The average molecular weight is 430 g/mol. The Morgan fingerprint density at radius 3 is 2.06 bits per heavy atom. The second-order valence-corrected chi connectivity index (χ2v) is 7.29. The lowest BCUT2D eigenvalue weighted by Crippen LogP contribution is -2.12. The summed E-state index contributed by atoms with van der Waals surface area (Å²) in [6.45, 7) is 7.64. The van der Waals surface area contributed by atoms with E-state index in [1.807, 2.05) is 27.7 Å². The van der Waals surface area contributed by atoms with Crippen LogP contribution in [0.15, 0.2) is 22.1 Å². The van der Waals surface area contributed by atoms with Crippen molar-refractivity contribution >= 4 is 39.8 Å². The van der Waals surface area contributed by atoms with E-state index in [0.717, 1.165) is 0 Å². The maximum absolute atomic E-state index is 11.7. The Hall–Kier alpha value is -4.23. The summed E-state index contributed by atoms with van der Waals surface area (Å²) in [5, 5.41) is 10.8. The molecular weight excluding hydrogens is 408 g/mol. The molecule has 14 nitrogen and oxygen atoms in total. The van der Waals surface area contributed by atoms with Gasteiger partial charge in [0.1, 0.15) is 0 Å². The summed E-state index contributed by atoms with van der Waals surface area (Å²) in [6, 6.07) is 0.147. The number of aromatic nitrogens is 7. The molecule has 0 fully saturated rings. The van der Waals surface area contributed by atoms with E-state index in [9.17, 15) is 19.7 Å². The van der Waals surface area contributed by atoms with Gasteiger partial charge in [0.25, 0.3) is 11.1 Å². The number of fused-ring (bicyclic) bond motifs is 2. The first kappa shape index (κ1) is 21.5. The van der Waals surface area contributed by atoms with Gasteiger partial charge in [0.05, 0.1) is 17.4 Å². The van der Waals surface area contributed by atoms with Crippen molar-refractivity contribution in [3.05, 3.63) is 43.3 Å². The summed E-state index contributed by atoms with van der Waals surface area (Å²) < 4.78 is 3.36. The standard InChI is InChI=1S/C9H11N5O3.C8H11N5O/c1-4(2)13-3-5(14(16)17)6-7(13)11-9(10)12-8(6)15;1-4(2)13-3-10-5-6(13)11-8(9)12-7(5)14/h3-4H,1-2H3,(H3,10,11,12,15);3-4H,1-2H3,(H3,9,11,12,14). The van der Waals surface area contributed by atoms with Gasteiger partial charge in [-0.25, -0.2) is 4.98 Å². The molecule has 0 saturated heterocycles. The van der Waals surface area contributed by atoms with Crippen LogP contribution in [0.2, 0.25) is 0 Å². The number of H-pyrrole nitrogens is 2. The minimum Gasteiger partial charge on any atom is -0.369 e. The average Bonchev–Trinajstić information content (AvgIpc) is 3.24. The van der Waals surface area contributed by atoms with Crippen LogP contribution in [-0.2, 0) is 0 Å². The fourth-order valence-electron chi connectivity index (χ4n) is 3.01.